The fraction of sp³-hybridized carbons (Fsp3) is 0.923. The summed E-state index contributed by atoms with van der Waals surface area (Å²) in [6.45, 7) is 15.3. The second-order valence-electron chi connectivity index (χ2n) is 14.4. The van der Waals surface area contributed by atoms with E-state index in [1.54, 1.807) is 0 Å². The maximum Gasteiger partial charge on any atom is 0.253 e. The fourth-order valence-electron chi connectivity index (χ4n) is 5.76. The van der Waals surface area contributed by atoms with E-state index in [0.29, 0.717) is 26.1 Å². The van der Waals surface area contributed by atoms with Crippen molar-refractivity contribution in [2.45, 2.75) is 95.5 Å². The van der Waals surface area contributed by atoms with Gasteiger partial charge in [-0.25, -0.2) is 0 Å². The van der Waals surface area contributed by atoms with Gasteiger partial charge in [0.25, 0.3) is 5.91 Å². The number of aliphatic hydroxyl groups is 1. The second-order valence-corrected chi connectivity index (χ2v) is 14.4. The van der Waals surface area contributed by atoms with Crippen molar-refractivity contribution in [1.82, 2.24) is 63.8 Å². The van der Waals surface area contributed by atoms with E-state index in [-0.39, 0.29) is 0 Å². The largest absolute Gasteiger partial charge is 0.379 e. The van der Waals surface area contributed by atoms with Gasteiger partial charge in [-0.2, -0.15) is 0 Å². The van der Waals surface area contributed by atoms with Crippen LogP contribution in [0.1, 0.15) is 89.9 Å². The van der Waals surface area contributed by atoms with Gasteiger partial charge in [0.2, 0.25) is 11.8 Å². The predicted octanol–water partition coefficient (Wildman–Crippen LogP) is -1.28. The van der Waals surface area contributed by atoms with Gasteiger partial charge in [0, 0.05) is 19.6 Å². The maximum atomic E-state index is 13.2. The third-order valence-corrected chi connectivity index (χ3v) is 9.06. The van der Waals surface area contributed by atoms with Crippen molar-refractivity contribution in [1.29, 1.82) is 0 Å². The Bertz CT molecular complexity index is 831. The van der Waals surface area contributed by atoms with Gasteiger partial charge in [0.1, 0.15) is 0 Å². The minimum atomic E-state index is -2.14. The minimum Gasteiger partial charge on any atom is -0.379 e. The number of hydrogen-bond donors (Lipinski definition) is 13. The van der Waals surface area contributed by atoms with Crippen LogP contribution in [0, 0.1) is 0 Å². The van der Waals surface area contributed by atoms with Crippen LogP contribution >= 0.6 is 0 Å². The third-order valence-electron chi connectivity index (χ3n) is 9.06. The number of hydrogen-bond acceptors (Lipinski definition) is 13. The van der Waals surface area contributed by atoms with E-state index in [4.69, 9.17) is 0 Å². The van der Waals surface area contributed by atoms with Crippen LogP contribution < -0.4 is 63.8 Å². The highest BCUT2D eigenvalue weighted by atomic mass is 16.3. The Morgan fingerprint density at radius 1 is 0.345 bits per heavy atom. The first-order valence-electron chi connectivity index (χ1n) is 21.6. The first-order chi connectivity index (χ1) is 26.9. The first kappa shape index (κ1) is 53.0. The molecule has 0 aliphatic heterocycles. The second kappa shape index (κ2) is 41.6. The van der Waals surface area contributed by atoms with Crippen LogP contribution in [-0.4, -0.2) is 167 Å². The van der Waals surface area contributed by atoms with E-state index in [1.165, 1.54) is 0 Å². The Labute approximate surface area is 334 Å². The molecular weight excluding hydrogens is 701 g/mol. The zero-order valence-corrected chi connectivity index (χ0v) is 35.3. The van der Waals surface area contributed by atoms with Crippen molar-refractivity contribution in [2.24, 2.45) is 0 Å². The summed E-state index contributed by atoms with van der Waals surface area (Å²) >= 11 is 0. The molecule has 0 aromatic heterocycles. The van der Waals surface area contributed by atoms with Crippen molar-refractivity contribution >= 4 is 17.7 Å². The molecule has 0 aliphatic rings. The zero-order chi connectivity index (χ0) is 40.3. The van der Waals surface area contributed by atoms with E-state index in [9.17, 15) is 19.5 Å². The maximum absolute atomic E-state index is 13.2. The number of nitrogens with one attached hydrogen (secondary N) is 12. The van der Waals surface area contributed by atoms with Crippen molar-refractivity contribution in [3.05, 3.63) is 0 Å². The number of unbranched alkanes of at least 4 members (excludes halogenated alkanes) is 3. The van der Waals surface area contributed by atoms with Crippen LogP contribution in [0.25, 0.3) is 0 Å². The predicted molar refractivity (Wildman–Crippen MR) is 228 cm³/mol. The van der Waals surface area contributed by atoms with Crippen LogP contribution in [0.15, 0.2) is 0 Å². The lowest BCUT2D eigenvalue weighted by Crippen LogP contribution is -2.52. The van der Waals surface area contributed by atoms with Crippen molar-refractivity contribution < 1.29 is 19.5 Å². The summed E-state index contributed by atoms with van der Waals surface area (Å²) in [5.74, 6) is -1.60. The molecule has 0 saturated carbocycles. The molecule has 0 spiro atoms. The monoisotopic (exact) mass is 787 g/mol. The quantitative estimate of drug-likeness (QED) is 0.0325. The summed E-state index contributed by atoms with van der Waals surface area (Å²) in [4.78, 5) is 39.0. The SMILES string of the molecule is CNCCCNCCCCNCCCNC(=O)CC(O)(CC(=O)NCCCNCCCCNCCCNC)C(=O)NCCCNCCCCNCCCNC. The normalized spacial score (nSPS) is 11.6. The number of amides is 3. The smallest absolute Gasteiger partial charge is 0.253 e. The van der Waals surface area contributed by atoms with Crippen LogP contribution in [0.5, 0.6) is 0 Å². The van der Waals surface area contributed by atoms with Gasteiger partial charge in [0.15, 0.2) is 5.60 Å². The third kappa shape index (κ3) is 37.4. The van der Waals surface area contributed by atoms with Gasteiger partial charge in [-0.1, -0.05) is 0 Å². The van der Waals surface area contributed by atoms with E-state index >= 15 is 0 Å². The molecule has 0 atom stereocenters. The molecule has 0 unspecified atom stereocenters. The molecule has 16 heteroatoms. The summed E-state index contributed by atoms with van der Waals surface area (Å²) < 4.78 is 0. The molecule has 0 aromatic carbocycles. The Hall–Kier alpha value is -1.99. The molecule has 3 amide bonds. The van der Waals surface area contributed by atoms with Crippen LogP contribution in [0.4, 0.5) is 0 Å². The van der Waals surface area contributed by atoms with Gasteiger partial charge in [-0.05, 0) is 196 Å². The van der Waals surface area contributed by atoms with Crippen molar-refractivity contribution in [3.8, 4) is 0 Å². The lowest BCUT2D eigenvalue weighted by atomic mass is 9.93. The molecule has 0 aromatic rings. The van der Waals surface area contributed by atoms with E-state index in [2.05, 4.69) is 63.8 Å². The van der Waals surface area contributed by atoms with Crippen LogP contribution in [-0.2, 0) is 14.4 Å². The summed E-state index contributed by atoms with van der Waals surface area (Å²) in [5, 5.41) is 49.8. The zero-order valence-electron chi connectivity index (χ0n) is 35.3. The molecule has 0 radical (unpaired) electrons. The summed E-state index contributed by atoms with van der Waals surface area (Å²) in [6, 6.07) is 0. The lowest BCUT2D eigenvalue weighted by Gasteiger charge is -2.26. The summed E-state index contributed by atoms with van der Waals surface area (Å²) in [6.07, 6.45) is 11.1. The molecule has 0 rings (SSSR count). The van der Waals surface area contributed by atoms with Gasteiger partial charge in [-0.15, -0.1) is 0 Å². The molecule has 0 bridgehead atoms. The molecular formula is C39H86N12O4. The summed E-state index contributed by atoms with van der Waals surface area (Å²) in [7, 11) is 5.89. The number of carbonyl (C=O) groups excluding carboxylic acids is 3. The molecule has 0 fully saturated rings. The molecule has 55 heavy (non-hydrogen) atoms. The molecule has 13 N–H and O–H groups in total. The average molecular weight is 787 g/mol. The number of carbonyl (C=O) groups is 3. The molecule has 0 heterocycles. The van der Waals surface area contributed by atoms with Gasteiger partial charge in [0.05, 0.1) is 12.8 Å². The van der Waals surface area contributed by atoms with Crippen molar-refractivity contribution in [2.75, 3.05) is 139 Å². The Morgan fingerprint density at radius 2 is 0.582 bits per heavy atom. The Morgan fingerprint density at radius 3 is 0.855 bits per heavy atom. The van der Waals surface area contributed by atoms with Gasteiger partial charge < -0.3 is 68.9 Å². The van der Waals surface area contributed by atoms with Gasteiger partial charge >= 0.3 is 0 Å². The Balaban J connectivity index is 4.49. The van der Waals surface area contributed by atoms with Crippen molar-refractivity contribution in [3.63, 3.8) is 0 Å². The first-order valence-corrected chi connectivity index (χ1v) is 21.6. The Kier molecular flexibility index (Phi) is 40.1. The van der Waals surface area contributed by atoms with E-state index in [1.807, 2.05) is 21.1 Å². The highest BCUT2D eigenvalue weighted by Crippen LogP contribution is 2.16. The lowest BCUT2D eigenvalue weighted by molar-refractivity contribution is -0.149. The minimum absolute atomic E-state index is 0.334. The molecule has 16 nitrogen and oxygen atoms in total. The summed E-state index contributed by atoms with van der Waals surface area (Å²) in [5.41, 5.74) is -2.14. The van der Waals surface area contributed by atoms with Crippen LogP contribution in [0.3, 0.4) is 0 Å². The standard InChI is InChI=1S/C39H86N12O4/c1-40-16-10-25-43-19-4-7-22-46-28-13-31-49-36(52)34-39(55,38(54)51-33-15-30-48-24-9-6-21-45-27-12-18-42-3)35-37(53)50-32-14-29-47-23-8-5-20-44-26-11-17-41-2/h40-48,55H,4-35H2,1-3H3,(H,49,52)(H,50,53)(H,51,54). The topological polar surface area (TPSA) is 216 Å². The molecule has 0 saturated heterocycles. The van der Waals surface area contributed by atoms with Crippen LogP contribution in [0.2, 0.25) is 0 Å². The van der Waals surface area contributed by atoms with Gasteiger partial charge in [-0.3, -0.25) is 14.4 Å². The number of rotatable bonds is 44. The van der Waals surface area contributed by atoms with E-state index < -0.39 is 36.2 Å². The molecule has 0 aliphatic carbocycles. The highest BCUT2D eigenvalue weighted by Gasteiger charge is 2.40. The highest BCUT2D eigenvalue weighted by molar-refractivity contribution is 5.95. The average Bonchev–Trinajstić information content (AvgIpc) is 3.17. The molecule has 326 valence electrons. The van der Waals surface area contributed by atoms with E-state index in [0.717, 1.165) is 169 Å². The fourth-order valence-corrected chi connectivity index (χ4v) is 5.76.